The van der Waals surface area contributed by atoms with Crippen molar-refractivity contribution in [2.75, 3.05) is 6.61 Å². The van der Waals surface area contributed by atoms with Crippen molar-refractivity contribution in [2.24, 2.45) is 5.92 Å². The molecule has 1 saturated carbocycles. The maximum atomic E-state index is 11.5. The van der Waals surface area contributed by atoms with Crippen molar-refractivity contribution >= 4 is 5.97 Å². The molecular formula is C21H40O2. The van der Waals surface area contributed by atoms with E-state index in [1.165, 1.54) is 89.9 Å². The second-order valence-corrected chi connectivity index (χ2v) is 7.45. The van der Waals surface area contributed by atoms with Crippen LogP contribution in [-0.4, -0.2) is 12.6 Å². The van der Waals surface area contributed by atoms with Gasteiger partial charge in [0.1, 0.15) is 0 Å². The molecule has 2 heteroatoms. The summed E-state index contributed by atoms with van der Waals surface area (Å²) < 4.78 is 5.28. The summed E-state index contributed by atoms with van der Waals surface area (Å²) in [4.78, 5) is 11.5. The molecule has 0 amide bonds. The number of ether oxygens (including phenoxy) is 1. The molecule has 0 radical (unpaired) electrons. The zero-order valence-corrected chi connectivity index (χ0v) is 15.6. The molecule has 1 aliphatic rings. The number of esters is 1. The predicted molar refractivity (Wildman–Crippen MR) is 98.6 cm³/mol. The van der Waals surface area contributed by atoms with Crippen LogP contribution < -0.4 is 0 Å². The largest absolute Gasteiger partial charge is 0.466 e. The number of unbranched alkanes of at least 4 members (excludes halogenated alkanes) is 12. The zero-order chi connectivity index (χ0) is 16.6. The number of hydrogen-bond donors (Lipinski definition) is 0. The number of carbonyl (C=O) groups is 1. The number of hydrogen-bond acceptors (Lipinski definition) is 2. The molecule has 0 aromatic rings. The van der Waals surface area contributed by atoms with Gasteiger partial charge in [0.05, 0.1) is 6.61 Å². The van der Waals surface area contributed by atoms with Crippen molar-refractivity contribution in [3.8, 4) is 0 Å². The summed E-state index contributed by atoms with van der Waals surface area (Å²) >= 11 is 0. The fourth-order valence-corrected chi connectivity index (χ4v) is 3.11. The Morgan fingerprint density at radius 1 is 0.783 bits per heavy atom. The quantitative estimate of drug-likeness (QED) is 0.217. The number of rotatable bonds is 17. The van der Waals surface area contributed by atoms with Gasteiger partial charge in [0.25, 0.3) is 0 Å². The van der Waals surface area contributed by atoms with E-state index >= 15 is 0 Å². The molecule has 0 aliphatic heterocycles. The van der Waals surface area contributed by atoms with Crippen LogP contribution in [0.5, 0.6) is 0 Å². The Morgan fingerprint density at radius 2 is 1.26 bits per heavy atom. The van der Waals surface area contributed by atoms with E-state index in [2.05, 4.69) is 6.92 Å². The van der Waals surface area contributed by atoms with E-state index in [1.807, 2.05) is 0 Å². The molecular weight excluding hydrogens is 284 g/mol. The summed E-state index contributed by atoms with van der Waals surface area (Å²) in [5.74, 6) is 0.856. The maximum Gasteiger partial charge on any atom is 0.305 e. The van der Waals surface area contributed by atoms with E-state index < -0.39 is 0 Å². The second kappa shape index (κ2) is 15.0. The van der Waals surface area contributed by atoms with Gasteiger partial charge >= 0.3 is 5.97 Å². The Balaban J connectivity index is 1.67. The highest BCUT2D eigenvalue weighted by Gasteiger charge is 2.22. The molecule has 1 aliphatic carbocycles. The van der Waals surface area contributed by atoms with Crippen molar-refractivity contribution < 1.29 is 9.53 Å². The lowest BCUT2D eigenvalue weighted by Crippen LogP contribution is -2.05. The van der Waals surface area contributed by atoms with Gasteiger partial charge in [-0.2, -0.15) is 0 Å². The highest BCUT2D eigenvalue weighted by molar-refractivity contribution is 5.69. The molecule has 0 bridgehead atoms. The first-order valence-corrected chi connectivity index (χ1v) is 10.5. The van der Waals surface area contributed by atoms with Crippen LogP contribution in [0.25, 0.3) is 0 Å². The van der Waals surface area contributed by atoms with E-state index in [-0.39, 0.29) is 5.97 Å². The van der Waals surface area contributed by atoms with Crippen molar-refractivity contribution in [3.63, 3.8) is 0 Å². The summed E-state index contributed by atoms with van der Waals surface area (Å²) in [5, 5.41) is 0. The van der Waals surface area contributed by atoms with Crippen molar-refractivity contribution in [1.29, 1.82) is 0 Å². The third kappa shape index (κ3) is 14.8. The molecule has 1 rings (SSSR count). The third-order valence-electron chi connectivity index (χ3n) is 4.96. The van der Waals surface area contributed by atoms with Crippen molar-refractivity contribution in [2.45, 2.75) is 116 Å². The van der Waals surface area contributed by atoms with Crippen LogP contribution in [0.15, 0.2) is 0 Å². The highest BCUT2D eigenvalue weighted by atomic mass is 16.5. The van der Waals surface area contributed by atoms with Crippen molar-refractivity contribution in [3.05, 3.63) is 0 Å². The zero-order valence-electron chi connectivity index (χ0n) is 15.6. The van der Waals surface area contributed by atoms with Crippen LogP contribution in [0.3, 0.4) is 0 Å². The SMILES string of the molecule is CCCCCCCCCCCCCCCOC(=O)CCC1CC1. The molecule has 0 spiro atoms. The molecule has 23 heavy (non-hydrogen) atoms. The van der Waals surface area contributed by atoms with Crippen LogP contribution >= 0.6 is 0 Å². The molecule has 1 fully saturated rings. The molecule has 0 N–H and O–H groups in total. The minimum atomic E-state index is 0.0239. The van der Waals surface area contributed by atoms with Gasteiger partial charge in [0.15, 0.2) is 0 Å². The molecule has 0 aromatic heterocycles. The topological polar surface area (TPSA) is 26.3 Å². The highest BCUT2D eigenvalue weighted by Crippen LogP contribution is 2.33. The molecule has 0 heterocycles. The number of carbonyl (C=O) groups excluding carboxylic acids is 1. The van der Waals surface area contributed by atoms with E-state index in [9.17, 15) is 4.79 Å². The fraction of sp³-hybridized carbons (Fsp3) is 0.952. The van der Waals surface area contributed by atoms with Crippen LogP contribution in [0.1, 0.15) is 116 Å². The van der Waals surface area contributed by atoms with Crippen LogP contribution in [-0.2, 0) is 9.53 Å². The maximum absolute atomic E-state index is 11.5. The third-order valence-corrected chi connectivity index (χ3v) is 4.96. The van der Waals surface area contributed by atoms with Crippen molar-refractivity contribution in [1.82, 2.24) is 0 Å². The van der Waals surface area contributed by atoms with Crippen LogP contribution in [0.4, 0.5) is 0 Å². The van der Waals surface area contributed by atoms with E-state index in [0.29, 0.717) is 13.0 Å². The van der Waals surface area contributed by atoms with E-state index in [4.69, 9.17) is 4.74 Å². The van der Waals surface area contributed by atoms with Gasteiger partial charge in [-0.05, 0) is 18.8 Å². The van der Waals surface area contributed by atoms with Gasteiger partial charge in [-0.15, -0.1) is 0 Å². The summed E-state index contributed by atoms with van der Waals surface area (Å²) in [6.07, 6.45) is 22.0. The van der Waals surface area contributed by atoms with E-state index in [0.717, 1.165) is 18.8 Å². The summed E-state index contributed by atoms with van der Waals surface area (Å²) in [7, 11) is 0. The average molecular weight is 325 g/mol. The normalized spacial score (nSPS) is 14.1. The van der Waals surface area contributed by atoms with E-state index in [1.54, 1.807) is 0 Å². The summed E-state index contributed by atoms with van der Waals surface area (Å²) in [5.41, 5.74) is 0. The van der Waals surface area contributed by atoms with Crippen LogP contribution in [0.2, 0.25) is 0 Å². The molecule has 0 atom stereocenters. The minimum Gasteiger partial charge on any atom is -0.466 e. The first-order valence-electron chi connectivity index (χ1n) is 10.5. The van der Waals surface area contributed by atoms with Gasteiger partial charge in [0.2, 0.25) is 0 Å². The lowest BCUT2D eigenvalue weighted by Gasteiger charge is -2.05. The van der Waals surface area contributed by atoms with Gasteiger partial charge in [-0.1, -0.05) is 96.8 Å². The Labute approximate surface area is 144 Å². The molecule has 136 valence electrons. The summed E-state index contributed by atoms with van der Waals surface area (Å²) in [6, 6.07) is 0. The molecule has 0 unspecified atom stereocenters. The van der Waals surface area contributed by atoms with Gasteiger partial charge in [0, 0.05) is 6.42 Å². The Bertz CT molecular complexity index is 271. The minimum absolute atomic E-state index is 0.0239. The lowest BCUT2D eigenvalue weighted by molar-refractivity contribution is -0.144. The van der Waals surface area contributed by atoms with Gasteiger partial charge in [-0.25, -0.2) is 0 Å². The monoisotopic (exact) mass is 324 g/mol. The first kappa shape index (κ1) is 20.5. The Hall–Kier alpha value is -0.530. The second-order valence-electron chi connectivity index (χ2n) is 7.45. The standard InChI is InChI=1S/C21H40O2/c1-2-3-4-5-6-7-8-9-10-11-12-13-14-19-23-21(22)18-17-20-15-16-20/h20H,2-19H2,1H3. The summed E-state index contributed by atoms with van der Waals surface area (Å²) in [6.45, 7) is 2.92. The Kier molecular flexibility index (Phi) is 13.4. The Morgan fingerprint density at radius 3 is 1.74 bits per heavy atom. The predicted octanol–water partition coefficient (Wildman–Crippen LogP) is 6.81. The fourth-order valence-electron chi connectivity index (χ4n) is 3.11. The van der Waals surface area contributed by atoms with Gasteiger partial charge in [-0.3, -0.25) is 4.79 Å². The average Bonchev–Trinajstić information content (AvgIpc) is 3.37. The van der Waals surface area contributed by atoms with Gasteiger partial charge < -0.3 is 4.74 Å². The first-order chi connectivity index (χ1) is 11.3. The lowest BCUT2D eigenvalue weighted by atomic mass is 10.0. The molecule has 0 aromatic carbocycles. The van der Waals surface area contributed by atoms with Crippen LogP contribution in [0, 0.1) is 5.92 Å². The molecule has 0 saturated heterocycles. The molecule has 2 nitrogen and oxygen atoms in total. The smallest absolute Gasteiger partial charge is 0.305 e.